The van der Waals surface area contributed by atoms with E-state index in [1.54, 1.807) is 13.0 Å². The van der Waals surface area contributed by atoms with E-state index in [4.69, 9.17) is 11.6 Å². The van der Waals surface area contributed by atoms with Crippen molar-refractivity contribution in [1.29, 1.82) is 0 Å². The van der Waals surface area contributed by atoms with Gasteiger partial charge in [-0.25, -0.2) is 0 Å². The zero-order valence-electron chi connectivity index (χ0n) is 11.1. The van der Waals surface area contributed by atoms with Crippen molar-refractivity contribution in [2.75, 3.05) is 0 Å². The minimum absolute atomic E-state index is 0.132. The molecule has 1 aromatic rings. The standard InChI is InChI=1S/C16H19ClO/c1-4-12(2)10-15(11-16(17)13(3)18)14-8-6-5-7-9-14/h5-11,18H,4H2,1-3H3/b12-10?,15-11+,16-13-. The second kappa shape index (κ2) is 7.07. The lowest BCUT2D eigenvalue weighted by Crippen LogP contribution is -1.85. The highest BCUT2D eigenvalue weighted by Crippen LogP contribution is 2.22. The number of allylic oxidation sites excluding steroid dienone is 6. The zero-order valence-corrected chi connectivity index (χ0v) is 11.8. The summed E-state index contributed by atoms with van der Waals surface area (Å²) in [4.78, 5) is 0. The summed E-state index contributed by atoms with van der Waals surface area (Å²) in [6, 6.07) is 10.0. The molecule has 18 heavy (non-hydrogen) atoms. The number of hydrogen-bond acceptors (Lipinski definition) is 1. The SMILES string of the molecule is CCC(C)=C/C(=C\C(Cl)=C(/C)O)c1ccccc1. The smallest absolute Gasteiger partial charge is 0.108 e. The molecule has 0 radical (unpaired) electrons. The molecule has 1 nitrogen and oxygen atoms in total. The van der Waals surface area contributed by atoms with Crippen LogP contribution in [-0.2, 0) is 0 Å². The lowest BCUT2D eigenvalue weighted by atomic mass is 10.0. The first-order valence-corrected chi connectivity index (χ1v) is 6.42. The number of benzene rings is 1. The van der Waals surface area contributed by atoms with Crippen molar-refractivity contribution in [3.8, 4) is 0 Å². The third kappa shape index (κ3) is 4.42. The minimum atomic E-state index is 0.132. The molecule has 0 heterocycles. The molecule has 1 aromatic carbocycles. The van der Waals surface area contributed by atoms with Gasteiger partial charge in [-0.15, -0.1) is 0 Å². The first kappa shape index (κ1) is 14.6. The van der Waals surface area contributed by atoms with Gasteiger partial charge < -0.3 is 5.11 Å². The minimum Gasteiger partial charge on any atom is -0.511 e. The average molecular weight is 263 g/mol. The van der Waals surface area contributed by atoms with Gasteiger partial charge in [0.1, 0.15) is 5.76 Å². The van der Waals surface area contributed by atoms with Crippen LogP contribution >= 0.6 is 11.6 Å². The van der Waals surface area contributed by atoms with Gasteiger partial charge in [0.15, 0.2) is 0 Å². The maximum Gasteiger partial charge on any atom is 0.108 e. The molecule has 0 atom stereocenters. The van der Waals surface area contributed by atoms with Crippen LogP contribution in [0.4, 0.5) is 0 Å². The van der Waals surface area contributed by atoms with Gasteiger partial charge in [-0.05, 0) is 37.5 Å². The van der Waals surface area contributed by atoms with Crippen molar-refractivity contribution >= 4 is 17.2 Å². The van der Waals surface area contributed by atoms with E-state index in [1.165, 1.54) is 5.57 Å². The Balaban J connectivity index is 3.25. The quantitative estimate of drug-likeness (QED) is 0.565. The molecule has 0 aliphatic carbocycles. The van der Waals surface area contributed by atoms with Crippen LogP contribution in [0.25, 0.3) is 5.57 Å². The van der Waals surface area contributed by atoms with Crippen molar-refractivity contribution in [2.24, 2.45) is 0 Å². The number of aliphatic hydroxyl groups is 1. The van der Waals surface area contributed by atoms with Gasteiger partial charge in [0, 0.05) is 0 Å². The number of halogens is 1. The fraction of sp³-hybridized carbons (Fsp3) is 0.250. The third-order valence-electron chi connectivity index (χ3n) is 2.69. The molecule has 0 aliphatic rings. The van der Waals surface area contributed by atoms with Crippen LogP contribution in [0, 0.1) is 0 Å². The highest BCUT2D eigenvalue weighted by atomic mass is 35.5. The summed E-state index contributed by atoms with van der Waals surface area (Å²) < 4.78 is 0. The van der Waals surface area contributed by atoms with E-state index in [2.05, 4.69) is 19.9 Å². The van der Waals surface area contributed by atoms with Crippen LogP contribution in [0.15, 0.2) is 58.8 Å². The van der Waals surface area contributed by atoms with E-state index in [-0.39, 0.29) is 5.76 Å². The molecule has 0 unspecified atom stereocenters. The van der Waals surface area contributed by atoms with E-state index in [1.807, 2.05) is 30.3 Å². The van der Waals surface area contributed by atoms with Crippen molar-refractivity contribution in [1.82, 2.24) is 0 Å². The Labute approximate surface area is 114 Å². The van der Waals surface area contributed by atoms with Gasteiger partial charge in [-0.2, -0.15) is 0 Å². The molecule has 0 amide bonds. The van der Waals surface area contributed by atoms with E-state index in [9.17, 15) is 5.11 Å². The van der Waals surface area contributed by atoms with Crippen molar-refractivity contribution in [3.63, 3.8) is 0 Å². The van der Waals surface area contributed by atoms with E-state index in [0.29, 0.717) is 5.03 Å². The van der Waals surface area contributed by atoms with Gasteiger partial charge >= 0.3 is 0 Å². The number of hydrogen-bond donors (Lipinski definition) is 1. The predicted molar refractivity (Wildman–Crippen MR) is 79.6 cm³/mol. The molecule has 1 N–H and O–H groups in total. The maximum atomic E-state index is 9.39. The lowest BCUT2D eigenvalue weighted by molar-refractivity contribution is 0.413. The Hall–Kier alpha value is -1.47. The van der Waals surface area contributed by atoms with Crippen molar-refractivity contribution in [2.45, 2.75) is 27.2 Å². The summed E-state index contributed by atoms with van der Waals surface area (Å²) in [6.07, 6.45) is 4.88. The van der Waals surface area contributed by atoms with E-state index in [0.717, 1.165) is 17.6 Å². The molecule has 0 spiro atoms. The molecule has 0 bridgehead atoms. The topological polar surface area (TPSA) is 20.2 Å². The molecule has 0 saturated carbocycles. The van der Waals surface area contributed by atoms with E-state index < -0.39 is 0 Å². The second-order valence-electron chi connectivity index (χ2n) is 4.24. The van der Waals surface area contributed by atoms with Gasteiger partial charge in [0.2, 0.25) is 0 Å². The molecule has 96 valence electrons. The monoisotopic (exact) mass is 262 g/mol. The van der Waals surface area contributed by atoms with Crippen LogP contribution in [0.3, 0.4) is 0 Å². The van der Waals surface area contributed by atoms with Crippen LogP contribution in [0.2, 0.25) is 0 Å². The summed E-state index contributed by atoms with van der Waals surface area (Å²) in [6.45, 7) is 5.78. The summed E-state index contributed by atoms with van der Waals surface area (Å²) in [5.74, 6) is 0.132. The molecule has 0 aliphatic heterocycles. The highest BCUT2D eigenvalue weighted by Gasteiger charge is 2.01. The van der Waals surface area contributed by atoms with Gasteiger partial charge in [0.25, 0.3) is 0 Å². The molecule has 2 heteroatoms. The highest BCUT2D eigenvalue weighted by molar-refractivity contribution is 6.32. The van der Waals surface area contributed by atoms with Crippen LogP contribution < -0.4 is 0 Å². The maximum absolute atomic E-state index is 9.39. The Morgan fingerprint density at radius 3 is 2.28 bits per heavy atom. The summed E-state index contributed by atoms with van der Waals surface area (Å²) >= 11 is 6.01. The predicted octanol–water partition coefficient (Wildman–Crippen LogP) is 5.45. The van der Waals surface area contributed by atoms with Crippen LogP contribution in [0.5, 0.6) is 0 Å². The van der Waals surface area contributed by atoms with Gasteiger partial charge in [-0.3, -0.25) is 0 Å². The van der Waals surface area contributed by atoms with Gasteiger partial charge in [-0.1, -0.05) is 60.5 Å². The van der Waals surface area contributed by atoms with Crippen molar-refractivity contribution in [3.05, 3.63) is 64.4 Å². The Kier molecular flexibility index (Phi) is 5.73. The Bertz CT molecular complexity index is 477. The molecular weight excluding hydrogens is 244 g/mol. The molecule has 1 rings (SSSR count). The fourth-order valence-electron chi connectivity index (χ4n) is 1.45. The van der Waals surface area contributed by atoms with Crippen LogP contribution in [0.1, 0.15) is 32.8 Å². The third-order valence-corrected chi connectivity index (χ3v) is 3.08. The summed E-state index contributed by atoms with van der Waals surface area (Å²) in [7, 11) is 0. The largest absolute Gasteiger partial charge is 0.511 e. The first-order valence-electron chi connectivity index (χ1n) is 6.04. The number of aliphatic hydroxyl groups excluding tert-OH is 1. The fourth-order valence-corrected chi connectivity index (χ4v) is 1.56. The van der Waals surface area contributed by atoms with E-state index >= 15 is 0 Å². The zero-order chi connectivity index (χ0) is 13.5. The Morgan fingerprint density at radius 2 is 1.78 bits per heavy atom. The molecule has 0 saturated heterocycles. The normalized spacial score (nSPS) is 14.4. The summed E-state index contributed by atoms with van der Waals surface area (Å²) in [5, 5.41) is 9.76. The van der Waals surface area contributed by atoms with Gasteiger partial charge in [0.05, 0.1) is 5.03 Å². The second-order valence-corrected chi connectivity index (χ2v) is 4.65. The van der Waals surface area contributed by atoms with Crippen LogP contribution in [-0.4, -0.2) is 5.11 Å². The molecular formula is C16H19ClO. The lowest BCUT2D eigenvalue weighted by Gasteiger charge is -2.05. The first-order chi connectivity index (χ1) is 8.54. The summed E-state index contributed by atoms with van der Waals surface area (Å²) in [5.41, 5.74) is 3.36. The number of rotatable bonds is 4. The van der Waals surface area contributed by atoms with Crippen molar-refractivity contribution < 1.29 is 5.11 Å². The molecule has 0 aromatic heterocycles. The Morgan fingerprint density at radius 1 is 1.17 bits per heavy atom. The average Bonchev–Trinajstić information content (AvgIpc) is 2.38. The molecule has 0 fully saturated rings.